The molecular formula is C14H20O4. The number of hydrogen-bond acceptors (Lipinski definition) is 3. The number of aromatic carboxylic acids is 1. The zero-order valence-corrected chi connectivity index (χ0v) is 10.9. The van der Waals surface area contributed by atoms with Crippen molar-refractivity contribution in [3.63, 3.8) is 0 Å². The first-order valence-electron chi connectivity index (χ1n) is 6.17. The molecular weight excluding hydrogens is 232 g/mol. The summed E-state index contributed by atoms with van der Waals surface area (Å²) in [6, 6.07) is 5.23. The third-order valence-electron chi connectivity index (χ3n) is 2.69. The number of unbranched alkanes of at least 4 members (excludes halogenated alkanes) is 1. The molecule has 0 aliphatic carbocycles. The summed E-state index contributed by atoms with van der Waals surface area (Å²) in [6.07, 6.45) is 2.62. The summed E-state index contributed by atoms with van der Waals surface area (Å²) in [5.74, 6) is -0.496. The van der Waals surface area contributed by atoms with Crippen molar-refractivity contribution in [3.05, 3.63) is 29.3 Å². The van der Waals surface area contributed by atoms with Crippen LogP contribution in [0.25, 0.3) is 0 Å². The Morgan fingerprint density at radius 3 is 2.61 bits per heavy atom. The van der Waals surface area contributed by atoms with E-state index in [4.69, 9.17) is 14.6 Å². The fraction of sp³-hybridized carbons (Fsp3) is 0.500. The van der Waals surface area contributed by atoms with E-state index in [9.17, 15) is 4.79 Å². The lowest BCUT2D eigenvalue weighted by atomic mass is 10.1. The van der Waals surface area contributed by atoms with Crippen LogP contribution in [0.4, 0.5) is 0 Å². The van der Waals surface area contributed by atoms with Crippen LogP contribution < -0.4 is 4.74 Å². The molecule has 0 saturated carbocycles. The van der Waals surface area contributed by atoms with Gasteiger partial charge in [0.15, 0.2) is 0 Å². The third-order valence-corrected chi connectivity index (χ3v) is 2.69. The van der Waals surface area contributed by atoms with Crippen LogP contribution in [0.3, 0.4) is 0 Å². The van der Waals surface area contributed by atoms with Gasteiger partial charge < -0.3 is 14.6 Å². The number of aryl methyl sites for hydroxylation is 1. The van der Waals surface area contributed by atoms with E-state index < -0.39 is 5.97 Å². The average molecular weight is 252 g/mol. The van der Waals surface area contributed by atoms with Gasteiger partial charge in [0, 0.05) is 13.7 Å². The molecule has 1 aromatic carbocycles. The maximum atomic E-state index is 11.1. The number of carboxylic acids is 1. The maximum absolute atomic E-state index is 11.1. The molecule has 0 saturated heterocycles. The Morgan fingerprint density at radius 2 is 2.00 bits per heavy atom. The van der Waals surface area contributed by atoms with E-state index in [1.807, 2.05) is 13.0 Å². The Kier molecular flexibility index (Phi) is 6.22. The Hall–Kier alpha value is -1.55. The van der Waals surface area contributed by atoms with Crippen LogP contribution in [-0.4, -0.2) is 31.4 Å². The summed E-state index contributed by atoms with van der Waals surface area (Å²) in [4.78, 5) is 11.1. The molecule has 4 heteroatoms. The first-order chi connectivity index (χ1) is 8.69. The second-order valence-corrected chi connectivity index (χ2v) is 4.04. The topological polar surface area (TPSA) is 55.8 Å². The fourth-order valence-electron chi connectivity index (χ4n) is 1.61. The minimum Gasteiger partial charge on any atom is -0.493 e. The molecule has 0 aromatic heterocycles. The Balaban J connectivity index is 2.63. The van der Waals surface area contributed by atoms with Crippen LogP contribution in [0.1, 0.15) is 35.7 Å². The van der Waals surface area contributed by atoms with E-state index >= 15 is 0 Å². The van der Waals surface area contributed by atoms with Gasteiger partial charge in [-0.05, 0) is 37.0 Å². The summed E-state index contributed by atoms with van der Waals surface area (Å²) in [7, 11) is 1.66. The molecule has 0 aliphatic rings. The molecule has 0 heterocycles. The first-order valence-corrected chi connectivity index (χ1v) is 6.17. The quantitative estimate of drug-likeness (QED) is 0.723. The van der Waals surface area contributed by atoms with Gasteiger partial charge in [0.1, 0.15) is 11.3 Å². The lowest BCUT2D eigenvalue weighted by Gasteiger charge is -2.10. The predicted molar refractivity (Wildman–Crippen MR) is 69.4 cm³/mol. The molecule has 0 atom stereocenters. The molecule has 100 valence electrons. The normalized spacial score (nSPS) is 10.3. The maximum Gasteiger partial charge on any atom is 0.339 e. The molecule has 0 amide bonds. The second kappa shape index (κ2) is 7.71. The van der Waals surface area contributed by atoms with Crippen LogP contribution in [0.2, 0.25) is 0 Å². The van der Waals surface area contributed by atoms with Gasteiger partial charge in [-0.25, -0.2) is 4.79 Å². The Labute approximate surface area is 108 Å². The molecule has 0 aliphatic heterocycles. The monoisotopic (exact) mass is 252 g/mol. The average Bonchev–Trinajstić information content (AvgIpc) is 2.38. The Morgan fingerprint density at radius 1 is 1.28 bits per heavy atom. The number of carbonyl (C=O) groups is 1. The summed E-state index contributed by atoms with van der Waals surface area (Å²) in [5.41, 5.74) is 1.30. The van der Waals surface area contributed by atoms with E-state index in [0.717, 1.165) is 24.8 Å². The largest absolute Gasteiger partial charge is 0.493 e. The molecule has 0 bridgehead atoms. The van der Waals surface area contributed by atoms with E-state index in [1.54, 1.807) is 19.2 Å². The van der Waals surface area contributed by atoms with Gasteiger partial charge >= 0.3 is 5.97 Å². The fourth-order valence-corrected chi connectivity index (χ4v) is 1.61. The number of methoxy groups -OCH3 is 1. The molecule has 0 spiro atoms. The summed E-state index contributed by atoms with van der Waals surface area (Å²) in [6.45, 7) is 3.24. The van der Waals surface area contributed by atoms with Crippen molar-refractivity contribution in [2.45, 2.75) is 26.2 Å². The lowest BCUT2D eigenvalue weighted by molar-refractivity contribution is 0.0692. The Bertz CT molecular complexity index is 387. The van der Waals surface area contributed by atoms with Crippen LogP contribution in [-0.2, 0) is 11.2 Å². The van der Waals surface area contributed by atoms with E-state index in [-0.39, 0.29) is 5.56 Å². The standard InChI is InChI=1S/C14H20O4/c1-3-11-6-7-12(14(15)16)13(10-11)18-9-5-4-8-17-2/h6-7,10H,3-5,8-9H2,1-2H3,(H,15,16). The van der Waals surface area contributed by atoms with Gasteiger partial charge in [-0.15, -0.1) is 0 Å². The number of ether oxygens (including phenoxy) is 2. The zero-order chi connectivity index (χ0) is 13.4. The molecule has 0 fully saturated rings. The van der Waals surface area contributed by atoms with Crippen molar-refractivity contribution >= 4 is 5.97 Å². The summed E-state index contributed by atoms with van der Waals surface area (Å²) >= 11 is 0. The highest BCUT2D eigenvalue weighted by atomic mass is 16.5. The van der Waals surface area contributed by atoms with Crippen LogP contribution in [0.15, 0.2) is 18.2 Å². The van der Waals surface area contributed by atoms with Crippen molar-refractivity contribution in [2.24, 2.45) is 0 Å². The van der Waals surface area contributed by atoms with Crippen molar-refractivity contribution in [1.82, 2.24) is 0 Å². The van der Waals surface area contributed by atoms with E-state index in [2.05, 4.69) is 0 Å². The van der Waals surface area contributed by atoms with E-state index in [0.29, 0.717) is 19.0 Å². The number of rotatable bonds is 8. The molecule has 0 radical (unpaired) electrons. The van der Waals surface area contributed by atoms with Crippen molar-refractivity contribution in [2.75, 3.05) is 20.3 Å². The van der Waals surface area contributed by atoms with Gasteiger partial charge in [-0.1, -0.05) is 13.0 Å². The minimum absolute atomic E-state index is 0.221. The smallest absolute Gasteiger partial charge is 0.339 e. The van der Waals surface area contributed by atoms with Gasteiger partial charge in [0.2, 0.25) is 0 Å². The SMILES string of the molecule is CCc1ccc(C(=O)O)c(OCCCCOC)c1. The third kappa shape index (κ3) is 4.37. The highest BCUT2D eigenvalue weighted by molar-refractivity contribution is 5.90. The first kappa shape index (κ1) is 14.5. The van der Waals surface area contributed by atoms with Gasteiger partial charge in [-0.2, -0.15) is 0 Å². The van der Waals surface area contributed by atoms with Crippen LogP contribution in [0.5, 0.6) is 5.75 Å². The van der Waals surface area contributed by atoms with Crippen LogP contribution in [0, 0.1) is 0 Å². The molecule has 4 nitrogen and oxygen atoms in total. The lowest BCUT2D eigenvalue weighted by Crippen LogP contribution is -2.06. The molecule has 1 N–H and O–H groups in total. The second-order valence-electron chi connectivity index (χ2n) is 4.04. The van der Waals surface area contributed by atoms with Gasteiger partial charge in [-0.3, -0.25) is 0 Å². The summed E-state index contributed by atoms with van der Waals surface area (Å²) < 4.78 is 10.5. The predicted octanol–water partition coefficient (Wildman–Crippen LogP) is 2.75. The van der Waals surface area contributed by atoms with Crippen molar-refractivity contribution in [1.29, 1.82) is 0 Å². The van der Waals surface area contributed by atoms with Gasteiger partial charge in [0.25, 0.3) is 0 Å². The highest BCUT2D eigenvalue weighted by Gasteiger charge is 2.11. The number of carboxylic acid groups (broad SMARTS) is 1. The van der Waals surface area contributed by atoms with Gasteiger partial charge in [0.05, 0.1) is 6.61 Å². The van der Waals surface area contributed by atoms with E-state index in [1.165, 1.54) is 0 Å². The molecule has 1 rings (SSSR count). The highest BCUT2D eigenvalue weighted by Crippen LogP contribution is 2.21. The van der Waals surface area contributed by atoms with Crippen molar-refractivity contribution < 1.29 is 19.4 Å². The molecule has 18 heavy (non-hydrogen) atoms. The number of benzene rings is 1. The molecule has 0 unspecified atom stereocenters. The number of hydrogen-bond donors (Lipinski definition) is 1. The van der Waals surface area contributed by atoms with Crippen molar-refractivity contribution in [3.8, 4) is 5.75 Å². The van der Waals surface area contributed by atoms with Crippen LogP contribution >= 0.6 is 0 Å². The minimum atomic E-state index is -0.954. The summed E-state index contributed by atoms with van der Waals surface area (Å²) in [5, 5.41) is 9.07. The molecule has 1 aromatic rings. The zero-order valence-electron chi connectivity index (χ0n) is 10.9.